The molecular weight excluding hydrogens is 210 g/mol. The number of rotatable bonds is 5. The van der Waals surface area contributed by atoms with E-state index in [0.717, 1.165) is 6.54 Å². The van der Waals surface area contributed by atoms with Crippen molar-refractivity contribution >= 4 is 17.7 Å². The normalized spacial score (nSPS) is 12.1. The molecule has 15 heavy (non-hydrogen) atoms. The van der Waals surface area contributed by atoms with Crippen LogP contribution in [0.25, 0.3) is 0 Å². The van der Waals surface area contributed by atoms with E-state index >= 15 is 0 Å². The number of hydrogen-bond acceptors (Lipinski definition) is 4. The van der Waals surface area contributed by atoms with E-state index in [0.29, 0.717) is 5.75 Å². The van der Waals surface area contributed by atoms with Gasteiger partial charge in [-0.05, 0) is 24.9 Å². The second kappa shape index (κ2) is 6.48. The smallest absolute Gasteiger partial charge is 0.339 e. The van der Waals surface area contributed by atoms with Gasteiger partial charge in [-0.25, -0.2) is 4.79 Å². The molecule has 4 heteroatoms. The van der Waals surface area contributed by atoms with Crippen LogP contribution in [0, 0.1) is 0 Å². The van der Waals surface area contributed by atoms with Crippen molar-refractivity contribution < 1.29 is 9.53 Å². The highest BCUT2D eigenvalue weighted by Crippen LogP contribution is 2.12. The lowest BCUT2D eigenvalue weighted by atomic mass is 10.3. The Morgan fingerprint density at radius 1 is 1.47 bits per heavy atom. The highest BCUT2D eigenvalue weighted by atomic mass is 32.2. The molecule has 0 aliphatic rings. The van der Waals surface area contributed by atoms with E-state index in [9.17, 15) is 4.79 Å². The zero-order valence-corrected chi connectivity index (χ0v) is 9.71. The fourth-order valence-corrected chi connectivity index (χ4v) is 1.68. The quantitative estimate of drug-likeness (QED) is 0.472. The number of thioether (sulfide) groups is 1. The van der Waals surface area contributed by atoms with E-state index in [4.69, 9.17) is 4.74 Å². The minimum atomic E-state index is -0.296. The summed E-state index contributed by atoms with van der Waals surface area (Å²) in [6, 6.07) is 9.09. The largest absolute Gasteiger partial charge is 0.425 e. The molecule has 1 aromatic rings. The number of ether oxygens (including phenoxy) is 1. The minimum Gasteiger partial charge on any atom is -0.425 e. The molecule has 1 N–H and O–H groups in total. The van der Waals surface area contributed by atoms with Crippen LogP contribution in [0.3, 0.4) is 0 Å². The Kier molecular flexibility index (Phi) is 5.21. The van der Waals surface area contributed by atoms with Gasteiger partial charge in [-0.1, -0.05) is 25.1 Å². The molecule has 0 spiro atoms. The molecular formula is C11H15NO2S. The SMILES string of the molecule is CCNC(SC)C(=O)Oc1ccccc1. The van der Waals surface area contributed by atoms with Crippen molar-refractivity contribution in [3.63, 3.8) is 0 Å². The van der Waals surface area contributed by atoms with Crippen molar-refractivity contribution in [2.45, 2.75) is 12.3 Å². The number of carbonyl (C=O) groups is 1. The zero-order chi connectivity index (χ0) is 11.1. The van der Waals surface area contributed by atoms with Gasteiger partial charge in [0.2, 0.25) is 0 Å². The van der Waals surface area contributed by atoms with Crippen LogP contribution in [-0.4, -0.2) is 24.1 Å². The van der Waals surface area contributed by atoms with Crippen LogP contribution >= 0.6 is 11.8 Å². The second-order valence-corrected chi connectivity index (χ2v) is 3.85. The maximum atomic E-state index is 11.6. The van der Waals surface area contributed by atoms with Gasteiger partial charge in [-0.3, -0.25) is 5.32 Å². The Hall–Kier alpha value is -1.00. The minimum absolute atomic E-state index is 0.254. The Balaban J connectivity index is 2.54. The van der Waals surface area contributed by atoms with Crippen molar-refractivity contribution in [1.29, 1.82) is 0 Å². The molecule has 0 aliphatic heterocycles. The molecule has 3 nitrogen and oxygen atoms in total. The molecule has 82 valence electrons. The van der Waals surface area contributed by atoms with Gasteiger partial charge < -0.3 is 4.74 Å². The standard InChI is InChI=1S/C11H15NO2S/c1-3-12-10(15-2)11(13)14-9-7-5-4-6-8-9/h4-8,10,12H,3H2,1-2H3. The molecule has 1 rings (SSSR count). The summed E-state index contributed by atoms with van der Waals surface area (Å²) >= 11 is 1.44. The maximum absolute atomic E-state index is 11.6. The average Bonchev–Trinajstić information content (AvgIpc) is 2.27. The Morgan fingerprint density at radius 3 is 2.67 bits per heavy atom. The summed E-state index contributed by atoms with van der Waals surface area (Å²) in [4.78, 5) is 11.6. The van der Waals surface area contributed by atoms with E-state index in [1.807, 2.05) is 31.4 Å². The first-order chi connectivity index (χ1) is 7.27. The van der Waals surface area contributed by atoms with E-state index in [-0.39, 0.29) is 11.3 Å². The lowest BCUT2D eigenvalue weighted by Crippen LogP contribution is -2.36. The molecule has 0 fully saturated rings. The van der Waals surface area contributed by atoms with E-state index in [2.05, 4.69) is 5.32 Å². The molecule has 0 saturated heterocycles. The summed E-state index contributed by atoms with van der Waals surface area (Å²) in [6.07, 6.45) is 1.87. The third-order valence-corrected chi connectivity index (χ3v) is 2.63. The molecule has 1 aromatic carbocycles. The molecule has 0 heterocycles. The first kappa shape index (κ1) is 12.1. The summed E-state index contributed by atoms with van der Waals surface area (Å²) in [6.45, 7) is 2.70. The first-order valence-corrected chi connectivity index (χ1v) is 6.09. The van der Waals surface area contributed by atoms with E-state index in [1.54, 1.807) is 12.1 Å². The van der Waals surface area contributed by atoms with Gasteiger partial charge in [0.15, 0.2) is 5.37 Å². The molecule has 0 saturated carbocycles. The second-order valence-electron chi connectivity index (χ2n) is 2.91. The fourth-order valence-electron chi connectivity index (χ4n) is 1.11. The summed E-state index contributed by atoms with van der Waals surface area (Å²) in [7, 11) is 0. The van der Waals surface area contributed by atoms with Crippen molar-refractivity contribution in [3.8, 4) is 5.75 Å². The number of para-hydroxylation sites is 1. The number of carbonyl (C=O) groups excluding carboxylic acids is 1. The predicted molar refractivity (Wildman–Crippen MR) is 63.1 cm³/mol. The van der Waals surface area contributed by atoms with Crippen LogP contribution in [0.2, 0.25) is 0 Å². The maximum Gasteiger partial charge on any atom is 0.339 e. The van der Waals surface area contributed by atoms with Gasteiger partial charge in [0.05, 0.1) is 0 Å². The fraction of sp³-hybridized carbons (Fsp3) is 0.364. The van der Waals surface area contributed by atoms with Crippen molar-refractivity contribution in [2.75, 3.05) is 12.8 Å². The number of likely N-dealkylation sites (N-methyl/N-ethyl adjacent to an activating group) is 1. The highest BCUT2D eigenvalue weighted by Gasteiger charge is 2.17. The first-order valence-electron chi connectivity index (χ1n) is 4.81. The summed E-state index contributed by atoms with van der Waals surface area (Å²) in [5.74, 6) is 0.329. The summed E-state index contributed by atoms with van der Waals surface area (Å²) < 4.78 is 5.20. The lowest BCUT2D eigenvalue weighted by molar-refractivity contribution is -0.134. The summed E-state index contributed by atoms with van der Waals surface area (Å²) in [5.41, 5.74) is 0. The predicted octanol–water partition coefficient (Wildman–Crippen LogP) is 1.89. The van der Waals surface area contributed by atoms with Crippen molar-refractivity contribution in [2.24, 2.45) is 0 Å². The number of esters is 1. The summed E-state index contributed by atoms with van der Waals surface area (Å²) in [5, 5.41) is 2.74. The van der Waals surface area contributed by atoms with Crippen LogP contribution in [0.5, 0.6) is 5.75 Å². The molecule has 0 aromatic heterocycles. The third kappa shape index (κ3) is 3.93. The average molecular weight is 225 g/mol. The van der Waals surface area contributed by atoms with Gasteiger partial charge in [0.25, 0.3) is 0 Å². The molecule has 0 amide bonds. The topological polar surface area (TPSA) is 38.3 Å². The van der Waals surface area contributed by atoms with Gasteiger partial charge in [-0.15, -0.1) is 11.8 Å². The van der Waals surface area contributed by atoms with Crippen LogP contribution in [-0.2, 0) is 4.79 Å². The Morgan fingerprint density at radius 2 is 2.13 bits per heavy atom. The number of hydrogen-bond donors (Lipinski definition) is 1. The molecule has 0 aliphatic carbocycles. The number of nitrogens with one attached hydrogen (secondary N) is 1. The van der Waals surface area contributed by atoms with Gasteiger partial charge >= 0.3 is 5.97 Å². The van der Waals surface area contributed by atoms with Crippen molar-refractivity contribution in [1.82, 2.24) is 5.32 Å². The van der Waals surface area contributed by atoms with Gasteiger partial charge in [0.1, 0.15) is 5.75 Å². The van der Waals surface area contributed by atoms with E-state index < -0.39 is 0 Å². The molecule has 1 atom stereocenters. The lowest BCUT2D eigenvalue weighted by Gasteiger charge is -2.13. The Bertz CT molecular complexity index is 303. The van der Waals surface area contributed by atoms with Crippen LogP contribution in [0.1, 0.15) is 6.92 Å². The van der Waals surface area contributed by atoms with Gasteiger partial charge in [0, 0.05) is 0 Å². The van der Waals surface area contributed by atoms with Gasteiger partial charge in [-0.2, -0.15) is 0 Å². The van der Waals surface area contributed by atoms with Crippen LogP contribution in [0.15, 0.2) is 30.3 Å². The zero-order valence-electron chi connectivity index (χ0n) is 8.90. The van der Waals surface area contributed by atoms with E-state index in [1.165, 1.54) is 11.8 Å². The highest BCUT2D eigenvalue weighted by molar-refractivity contribution is 7.99. The van der Waals surface area contributed by atoms with Crippen molar-refractivity contribution in [3.05, 3.63) is 30.3 Å². The third-order valence-electron chi connectivity index (χ3n) is 1.80. The van der Waals surface area contributed by atoms with Crippen LogP contribution < -0.4 is 10.1 Å². The Labute approximate surface area is 94.2 Å². The monoisotopic (exact) mass is 225 g/mol. The van der Waals surface area contributed by atoms with Crippen LogP contribution in [0.4, 0.5) is 0 Å². The molecule has 0 radical (unpaired) electrons. The molecule has 1 unspecified atom stereocenters. The molecule has 0 bridgehead atoms. The number of benzene rings is 1.